The Labute approximate surface area is 153 Å². The quantitative estimate of drug-likeness (QED) is 0.799. The van der Waals surface area contributed by atoms with Gasteiger partial charge in [0.05, 0.1) is 20.1 Å². The molecule has 128 valence electrons. The maximum absolute atomic E-state index is 12.6. The highest BCUT2D eigenvalue weighted by Crippen LogP contribution is 2.30. The number of halogens is 2. The second-order valence-electron chi connectivity index (χ2n) is 5.55. The van der Waals surface area contributed by atoms with Crippen molar-refractivity contribution in [3.05, 3.63) is 39.7 Å². The molecule has 0 atom stereocenters. The number of sulfone groups is 1. The molecule has 0 unspecified atom stereocenters. The first kappa shape index (κ1) is 17.4. The van der Waals surface area contributed by atoms with Crippen molar-refractivity contribution in [1.29, 1.82) is 0 Å². The van der Waals surface area contributed by atoms with Crippen molar-refractivity contribution in [3.63, 3.8) is 0 Å². The molecule has 1 saturated heterocycles. The van der Waals surface area contributed by atoms with Crippen LogP contribution in [0.5, 0.6) is 5.75 Å². The van der Waals surface area contributed by atoms with Crippen LogP contribution in [0.15, 0.2) is 33.9 Å². The molecule has 3 heterocycles. The molecule has 24 heavy (non-hydrogen) atoms. The summed E-state index contributed by atoms with van der Waals surface area (Å²) in [5.74, 6) is 0.0819. The number of rotatable bonds is 4. The van der Waals surface area contributed by atoms with Gasteiger partial charge in [-0.1, -0.05) is 11.6 Å². The summed E-state index contributed by atoms with van der Waals surface area (Å²) in [6, 6.07) is 2.81. The van der Waals surface area contributed by atoms with Crippen LogP contribution in [0.2, 0.25) is 5.02 Å². The highest BCUT2D eigenvalue weighted by Gasteiger charge is 2.22. The van der Waals surface area contributed by atoms with Crippen molar-refractivity contribution in [2.75, 3.05) is 18.0 Å². The normalized spacial score (nSPS) is 15.0. The molecule has 2 aromatic rings. The third kappa shape index (κ3) is 3.65. The van der Waals surface area contributed by atoms with Crippen molar-refractivity contribution >= 4 is 43.2 Å². The maximum Gasteiger partial charge on any atom is 0.185 e. The lowest BCUT2D eigenvalue weighted by molar-refractivity contribution is 0.466. The van der Waals surface area contributed by atoms with Gasteiger partial charge in [0.25, 0.3) is 0 Å². The fraction of sp³-hybridized carbons (Fsp3) is 0.333. The van der Waals surface area contributed by atoms with Crippen LogP contribution in [-0.4, -0.2) is 36.6 Å². The van der Waals surface area contributed by atoms with E-state index in [1.807, 2.05) is 0 Å². The van der Waals surface area contributed by atoms with E-state index in [2.05, 4.69) is 30.8 Å². The zero-order valence-corrected chi connectivity index (χ0v) is 15.8. The Balaban J connectivity index is 1.88. The average Bonchev–Trinajstić information content (AvgIpc) is 3.04. The van der Waals surface area contributed by atoms with Gasteiger partial charge in [-0.15, -0.1) is 0 Å². The lowest BCUT2D eigenvalue weighted by atomic mass is 10.3. The molecule has 2 aromatic heterocycles. The topological polar surface area (TPSA) is 83.4 Å². The molecule has 0 amide bonds. The highest BCUT2D eigenvalue weighted by atomic mass is 79.9. The molecule has 9 heteroatoms. The monoisotopic (exact) mass is 431 g/mol. The molecule has 1 fully saturated rings. The number of hydrogen-bond acceptors (Lipinski definition) is 6. The standard InChI is InChI=1S/C15H15BrClN3O3S/c16-12-6-11(8-19-15(12)20-3-1-2-4-20)24(22,23)9-13-14(21)5-10(17)7-18-13/h5-8,21H,1-4,9H2. The molecule has 0 spiro atoms. The predicted octanol–water partition coefficient (Wildman–Crippen LogP) is 3.17. The van der Waals surface area contributed by atoms with Gasteiger partial charge in [0, 0.05) is 31.5 Å². The fourth-order valence-corrected chi connectivity index (χ4v) is 4.74. The number of aromatic hydroxyl groups is 1. The molecular weight excluding hydrogens is 418 g/mol. The Bertz CT molecular complexity index is 870. The zero-order chi connectivity index (χ0) is 17.3. The van der Waals surface area contributed by atoms with Crippen LogP contribution >= 0.6 is 27.5 Å². The first-order valence-corrected chi connectivity index (χ1v) is 10.2. The Morgan fingerprint density at radius 3 is 2.54 bits per heavy atom. The smallest absolute Gasteiger partial charge is 0.185 e. The average molecular weight is 433 g/mol. The van der Waals surface area contributed by atoms with E-state index < -0.39 is 15.6 Å². The van der Waals surface area contributed by atoms with Gasteiger partial charge in [-0.25, -0.2) is 13.4 Å². The van der Waals surface area contributed by atoms with Gasteiger partial charge in [-0.2, -0.15) is 0 Å². The van der Waals surface area contributed by atoms with Crippen LogP contribution in [0, 0.1) is 0 Å². The van der Waals surface area contributed by atoms with E-state index in [1.165, 1.54) is 18.5 Å². The Morgan fingerprint density at radius 2 is 1.92 bits per heavy atom. The molecule has 6 nitrogen and oxygen atoms in total. The van der Waals surface area contributed by atoms with Crippen LogP contribution in [0.1, 0.15) is 18.5 Å². The number of nitrogens with zero attached hydrogens (tertiary/aromatic N) is 3. The van der Waals surface area contributed by atoms with Crippen molar-refractivity contribution < 1.29 is 13.5 Å². The number of pyridine rings is 2. The fourth-order valence-electron chi connectivity index (χ4n) is 2.58. The first-order valence-electron chi connectivity index (χ1n) is 7.33. The summed E-state index contributed by atoms with van der Waals surface area (Å²) < 4.78 is 25.8. The molecule has 3 rings (SSSR count). The summed E-state index contributed by atoms with van der Waals surface area (Å²) in [5.41, 5.74) is 0.0548. The third-order valence-corrected chi connectivity index (χ3v) is 6.19. The molecule has 1 N–H and O–H groups in total. The SMILES string of the molecule is O=S(=O)(Cc1ncc(Cl)cc1O)c1cnc(N2CCCC2)c(Br)c1. The van der Waals surface area contributed by atoms with E-state index in [9.17, 15) is 13.5 Å². The Kier molecular flexibility index (Phi) is 4.98. The minimum Gasteiger partial charge on any atom is -0.506 e. The number of hydrogen-bond donors (Lipinski definition) is 1. The molecule has 1 aliphatic rings. The van der Waals surface area contributed by atoms with E-state index in [0.717, 1.165) is 31.7 Å². The predicted molar refractivity (Wildman–Crippen MR) is 95.2 cm³/mol. The van der Waals surface area contributed by atoms with E-state index >= 15 is 0 Å². The maximum atomic E-state index is 12.6. The van der Waals surface area contributed by atoms with E-state index in [0.29, 0.717) is 4.47 Å². The van der Waals surface area contributed by atoms with E-state index in [1.54, 1.807) is 6.07 Å². The third-order valence-electron chi connectivity index (χ3n) is 3.80. The summed E-state index contributed by atoms with van der Waals surface area (Å²) >= 11 is 9.12. The van der Waals surface area contributed by atoms with Crippen molar-refractivity contribution in [2.24, 2.45) is 0 Å². The molecule has 0 saturated carbocycles. The van der Waals surface area contributed by atoms with Gasteiger partial charge in [0.2, 0.25) is 0 Å². The first-order chi connectivity index (χ1) is 11.4. The lowest BCUT2D eigenvalue weighted by Crippen LogP contribution is -2.19. The molecule has 0 radical (unpaired) electrons. The summed E-state index contributed by atoms with van der Waals surface area (Å²) in [6.45, 7) is 1.83. The Hall–Kier alpha value is -1.38. The van der Waals surface area contributed by atoms with Crippen molar-refractivity contribution in [2.45, 2.75) is 23.5 Å². The second kappa shape index (κ2) is 6.85. The van der Waals surface area contributed by atoms with Gasteiger partial charge >= 0.3 is 0 Å². The van der Waals surface area contributed by atoms with Crippen LogP contribution in [0.25, 0.3) is 0 Å². The van der Waals surface area contributed by atoms with Gasteiger partial charge in [0.1, 0.15) is 17.3 Å². The summed E-state index contributed by atoms with van der Waals surface area (Å²) in [5, 5.41) is 10.0. The summed E-state index contributed by atoms with van der Waals surface area (Å²) in [4.78, 5) is 10.4. The molecule has 1 aliphatic heterocycles. The molecule has 0 aromatic carbocycles. The van der Waals surface area contributed by atoms with Gasteiger partial charge in [-0.3, -0.25) is 4.98 Å². The van der Waals surface area contributed by atoms with Crippen LogP contribution < -0.4 is 4.90 Å². The Morgan fingerprint density at radius 1 is 1.21 bits per heavy atom. The minimum atomic E-state index is -3.69. The van der Waals surface area contributed by atoms with Crippen molar-refractivity contribution in [1.82, 2.24) is 9.97 Å². The van der Waals surface area contributed by atoms with Gasteiger partial charge in [0.15, 0.2) is 9.84 Å². The summed E-state index contributed by atoms with van der Waals surface area (Å²) in [7, 11) is -3.69. The second-order valence-corrected chi connectivity index (χ2v) is 8.83. The van der Waals surface area contributed by atoms with E-state index in [-0.39, 0.29) is 21.4 Å². The van der Waals surface area contributed by atoms with Crippen LogP contribution in [0.3, 0.4) is 0 Å². The number of aromatic nitrogens is 2. The van der Waals surface area contributed by atoms with E-state index in [4.69, 9.17) is 11.6 Å². The van der Waals surface area contributed by atoms with Crippen LogP contribution in [0.4, 0.5) is 5.82 Å². The zero-order valence-electron chi connectivity index (χ0n) is 12.6. The number of anilines is 1. The van der Waals surface area contributed by atoms with Gasteiger partial charge < -0.3 is 10.0 Å². The largest absolute Gasteiger partial charge is 0.506 e. The molecule has 0 bridgehead atoms. The highest BCUT2D eigenvalue weighted by molar-refractivity contribution is 9.10. The lowest BCUT2D eigenvalue weighted by Gasteiger charge is -2.18. The molecular formula is C15H15BrClN3O3S. The van der Waals surface area contributed by atoms with Crippen molar-refractivity contribution in [3.8, 4) is 5.75 Å². The van der Waals surface area contributed by atoms with Gasteiger partial charge in [-0.05, 0) is 34.8 Å². The minimum absolute atomic E-state index is 0.0548. The summed E-state index contributed by atoms with van der Waals surface area (Å²) in [6.07, 6.45) is 4.86. The molecule has 0 aliphatic carbocycles. The van der Waals surface area contributed by atoms with Crippen LogP contribution in [-0.2, 0) is 15.6 Å².